The van der Waals surface area contributed by atoms with Crippen LogP contribution in [0.2, 0.25) is 0 Å². The molecule has 0 saturated heterocycles. The van der Waals surface area contributed by atoms with Crippen LogP contribution in [0.25, 0.3) is 6.08 Å². The summed E-state index contributed by atoms with van der Waals surface area (Å²) in [4.78, 5) is 27.1. The Morgan fingerprint density at radius 1 is 0.939 bits per heavy atom. The molecule has 0 aromatic heterocycles. The number of carbonyl (C=O) groups excluding carboxylic acids is 2. The van der Waals surface area contributed by atoms with E-state index in [0.29, 0.717) is 42.4 Å². The van der Waals surface area contributed by atoms with E-state index in [1.54, 1.807) is 13.0 Å². The lowest BCUT2D eigenvalue weighted by molar-refractivity contribution is -0.140. The molecule has 1 aliphatic heterocycles. The molecule has 2 rings (SSSR count). The van der Waals surface area contributed by atoms with Crippen LogP contribution in [0.15, 0.2) is 34.9 Å². The van der Waals surface area contributed by atoms with E-state index in [9.17, 15) is 14.9 Å². The average molecular weight is 453 g/mol. The van der Waals surface area contributed by atoms with E-state index < -0.39 is 5.91 Å². The Bertz CT molecular complexity index is 940. The summed E-state index contributed by atoms with van der Waals surface area (Å²) >= 11 is 0. The molecular weight excluding hydrogens is 416 g/mol. The number of imide groups is 1. The third kappa shape index (κ3) is 6.95. The number of rotatable bonds is 13. The normalized spacial score (nSPS) is 15.2. The first-order valence-corrected chi connectivity index (χ1v) is 12.1. The molecule has 6 heteroatoms. The Balaban J connectivity index is 2.34. The van der Waals surface area contributed by atoms with Crippen molar-refractivity contribution >= 4 is 17.9 Å². The maximum absolute atomic E-state index is 13.2. The lowest BCUT2D eigenvalue weighted by Crippen LogP contribution is -2.43. The number of hydrogen-bond donors (Lipinski definition) is 0. The monoisotopic (exact) mass is 452 g/mol. The molecule has 0 aliphatic carbocycles. The molecule has 1 heterocycles. The van der Waals surface area contributed by atoms with E-state index >= 15 is 0 Å². The van der Waals surface area contributed by atoms with Crippen LogP contribution >= 0.6 is 0 Å². The summed E-state index contributed by atoms with van der Waals surface area (Å²) in [6, 6.07) is 7.53. The van der Waals surface area contributed by atoms with Gasteiger partial charge in [0.05, 0.1) is 13.2 Å². The number of unbranched alkanes of at least 4 members (excludes halogenated alkanes) is 5. The molecule has 0 N–H and O–H groups in total. The van der Waals surface area contributed by atoms with Crippen LogP contribution < -0.4 is 9.47 Å². The third-order valence-corrected chi connectivity index (χ3v) is 5.64. The van der Waals surface area contributed by atoms with Gasteiger partial charge in [-0.3, -0.25) is 14.5 Å². The van der Waals surface area contributed by atoms with Crippen molar-refractivity contribution in [3.8, 4) is 17.6 Å². The molecule has 0 spiro atoms. The van der Waals surface area contributed by atoms with E-state index in [0.717, 1.165) is 50.5 Å². The molecule has 0 unspecified atom stereocenters. The molecular formula is C27H36N2O4. The molecule has 0 radical (unpaired) electrons. The van der Waals surface area contributed by atoms with Gasteiger partial charge in [0.2, 0.25) is 0 Å². The minimum atomic E-state index is -0.500. The first-order chi connectivity index (χ1) is 16.0. The fraction of sp³-hybridized carbons (Fsp3) is 0.519. The second-order valence-electron chi connectivity index (χ2n) is 8.19. The number of nitriles is 1. The molecule has 0 bridgehead atoms. The Labute approximate surface area is 197 Å². The van der Waals surface area contributed by atoms with Crippen LogP contribution in [0.3, 0.4) is 0 Å². The molecule has 0 atom stereocenters. The van der Waals surface area contributed by atoms with E-state index in [4.69, 9.17) is 9.47 Å². The lowest BCUT2D eigenvalue weighted by atomic mass is 9.93. The van der Waals surface area contributed by atoms with Crippen molar-refractivity contribution < 1.29 is 19.1 Å². The Hall–Kier alpha value is -3.07. The number of carbonyl (C=O) groups is 2. The minimum Gasteiger partial charge on any atom is -0.490 e. The van der Waals surface area contributed by atoms with Crippen molar-refractivity contribution in [1.82, 2.24) is 4.90 Å². The zero-order valence-corrected chi connectivity index (χ0v) is 20.4. The van der Waals surface area contributed by atoms with Gasteiger partial charge in [-0.05, 0) is 56.0 Å². The van der Waals surface area contributed by atoms with Gasteiger partial charge in [0, 0.05) is 12.1 Å². The van der Waals surface area contributed by atoms with Gasteiger partial charge in [-0.2, -0.15) is 5.26 Å². The summed E-state index contributed by atoms with van der Waals surface area (Å²) in [5.74, 6) is 0.425. The van der Waals surface area contributed by atoms with Crippen molar-refractivity contribution in [2.45, 2.75) is 72.6 Å². The van der Waals surface area contributed by atoms with Crippen LogP contribution in [0.1, 0.15) is 78.2 Å². The fourth-order valence-corrected chi connectivity index (χ4v) is 3.73. The van der Waals surface area contributed by atoms with Gasteiger partial charge in [-0.1, -0.05) is 52.0 Å². The predicted octanol–water partition coefficient (Wildman–Crippen LogP) is 5.83. The van der Waals surface area contributed by atoms with Crippen molar-refractivity contribution in [2.75, 3.05) is 19.8 Å². The standard InChI is InChI=1S/C27H36N2O4/c1-5-8-10-11-15-29-26(30)22(20(4)23(19-28)27(29)31)17-21-13-14-24(25(18-21)32-7-3)33-16-12-9-6-2/h13-14,17-18H,5-12,15-16H2,1-4H3/b22-17+. The van der Waals surface area contributed by atoms with Crippen LogP contribution in [-0.2, 0) is 9.59 Å². The largest absolute Gasteiger partial charge is 0.490 e. The van der Waals surface area contributed by atoms with Gasteiger partial charge in [0.25, 0.3) is 11.8 Å². The number of nitrogens with zero attached hydrogens (tertiary/aromatic N) is 2. The SMILES string of the molecule is CCCCCCN1C(=O)C(C#N)=C(C)/C(=C\c2ccc(OCCCCC)c(OCC)c2)C1=O. The predicted molar refractivity (Wildman–Crippen MR) is 130 cm³/mol. The van der Waals surface area contributed by atoms with Gasteiger partial charge >= 0.3 is 0 Å². The van der Waals surface area contributed by atoms with E-state index in [1.165, 1.54) is 4.90 Å². The topological polar surface area (TPSA) is 79.6 Å². The Kier molecular flexibility index (Phi) is 10.7. The Morgan fingerprint density at radius 2 is 1.67 bits per heavy atom. The molecule has 1 aliphatic rings. The van der Waals surface area contributed by atoms with E-state index in [-0.39, 0.29) is 11.5 Å². The maximum Gasteiger partial charge on any atom is 0.271 e. The summed E-state index contributed by atoms with van der Waals surface area (Å²) in [6.07, 6.45) is 8.72. The van der Waals surface area contributed by atoms with Gasteiger partial charge in [-0.25, -0.2) is 0 Å². The van der Waals surface area contributed by atoms with Crippen molar-refractivity contribution in [3.05, 3.63) is 40.5 Å². The summed E-state index contributed by atoms with van der Waals surface area (Å²) in [5.41, 5.74) is 1.55. The van der Waals surface area contributed by atoms with Gasteiger partial charge in [0.1, 0.15) is 11.6 Å². The highest BCUT2D eigenvalue weighted by Crippen LogP contribution is 2.32. The van der Waals surface area contributed by atoms with Crippen LogP contribution in [-0.4, -0.2) is 36.5 Å². The Morgan fingerprint density at radius 3 is 2.33 bits per heavy atom. The second kappa shape index (κ2) is 13.5. The molecule has 0 saturated carbocycles. The summed E-state index contributed by atoms with van der Waals surface area (Å²) in [5, 5.41) is 9.57. The number of ether oxygens (including phenoxy) is 2. The van der Waals surface area contributed by atoms with E-state index in [2.05, 4.69) is 13.8 Å². The maximum atomic E-state index is 13.2. The highest BCUT2D eigenvalue weighted by Gasteiger charge is 2.35. The molecule has 1 aromatic carbocycles. The van der Waals surface area contributed by atoms with Crippen molar-refractivity contribution in [1.29, 1.82) is 5.26 Å². The highest BCUT2D eigenvalue weighted by molar-refractivity contribution is 6.19. The highest BCUT2D eigenvalue weighted by atomic mass is 16.5. The molecule has 33 heavy (non-hydrogen) atoms. The molecule has 1 aromatic rings. The van der Waals surface area contributed by atoms with Crippen LogP contribution in [0.4, 0.5) is 0 Å². The molecule has 2 amide bonds. The number of amides is 2. The smallest absolute Gasteiger partial charge is 0.271 e. The van der Waals surface area contributed by atoms with Gasteiger partial charge < -0.3 is 9.47 Å². The summed E-state index contributed by atoms with van der Waals surface area (Å²) < 4.78 is 11.7. The average Bonchev–Trinajstić information content (AvgIpc) is 2.80. The minimum absolute atomic E-state index is 0.0252. The van der Waals surface area contributed by atoms with Gasteiger partial charge in [-0.15, -0.1) is 0 Å². The lowest BCUT2D eigenvalue weighted by Gasteiger charge is -2.27. The zero-order chi connectivity index (χ0) is 24.2. The number of hydrogen-bond acceptors (Lipinski definition) is 5. The van der Waals surface area contributed by atoms with Crippen molar-refractivity contribution in [2.24, 2.45) is 0 Å². The fourth-order valence-electron chi connectivity index (χ4n) is 3.73. The molecule has 6 nitrogen and oxygen atoms in total. The summed E-state index contributed by atoms with van der Waals surface area (Å²) in [7, 11) is 0. The first-order valence-electron chi connectivity index (χ1n) is 12.1. The molecule has 178 valence electrons. The third-order valence-electron chi connectivity index (χ3n) is 5.64. The van der Waals surface area contributed by atoms with Crippen LogP contribution in [0, 0.1) is 11.3 Å². The zero-order valence-electron chi connectivity index (χ0n) is 20.4. The van der Waals surface area contributed by atoms with E-state index in [1.807, 2.05) is 31.2 Å². The number of benzene rings is 1. The molecule has 0 fully saturated rings. The van der Waals surface area contributed by atoms with Crippen LogP contribution in [0.5, 0.6) is 11.5 Å². The first kappa shape index (κ1) is 26.2. The quantitative estimate of drug-likeness (QED) is 0.214. The summed E-state index contributed by atoms with van der Waals surface area (Å²) in [6.45, 7) is 9.25. The van der Waals surface area contributed by atoms with Gasteiger partial charge in [0.15, 0.2) is 11.5 Å². The second-order valence-corrected chi connectivity index (χ2v) is 8.19. The van der Waals surface area contributed by atoms with Crippen molar-refractivity contribution in [3.63, 3.8) is 0 Å².